The molecule has 0 bridgehead atoms. The molecule has 1 fully saturated rings. The smallest absolute Gasteiger partial charge is 0.339 e. The highest BCUT2D eigenvalue weighted by molar-refractivity contribution is 7.88. The summed E-state index contributed by atoms with van der Waals surface area (Å²) in [7, 11) is -3.11. The summed E-state index contributed by atoms with van der Waals surface area (Å²) in [5.74, 6) is -0.256. The molecule has 8 heteroatoms. The first-order valence-electron chi connectivity index (χ1n) is 6.64. The van der Waals surface area contributed by atoms with Crippen molar-refractivity contribution in [3.05, 3.63) is 24.8 Å². The third-order valence-corrected chi connectivity index (χ3v) is 4.63. The van der Waals surface area contributed by atoms with Crippen molar-refractivity contribution in [1.82, 2.24) is 13.9 Å². The summed E-state index contributed by atoms with van der Waals surface area (Å²) in [5.41, 5.74) is 0.861. The highest BCUT2D eigenvalue weighted by Gasteiger charge is 2.33. The average molecular weight is 313 g/mol. The van der Waals surface area contributed by atoms with Crippen LogP contribution < -0.4 is 0 Å². The number of rotatable bonds is 6. The molecule has 0 aromatic carbocycles. The molecule has 21 heavy (non-hydrogen) atoms. The molecule has 0 amide bonds. The predicted octanol–water partition coefficient (Wildman–Crippen LogP) is 0.351. The number of ether oxygens (including phenoxy) is 1. The van der Waals surface area contributed by atoms with Crippen LogP contribution in [0.2, 0.25) is 0 Å². The third kappa shape index (κ3) is 3.51. The molecule has 2 rings (SSSR count). The van der Waals surface area contributed by atoms with Gasteiger partial charge in [-0.3, -0.25) is 0 Å². The van der Waals surface area contributed by atoms with E-state index in [4.69, 9.17) is 4.74 Å². The zero-order valence-electron chi connectivity index (χ0n) is 12.2. The van der Waals surface area contributed by atoms with E-state index in [9.17, 15) is 13.2 Å². The summed E-state index contributed by atoms with van der Waals surface area (Å²) < 4.78 is 30.8. The number of carbonyl (C=O) groups excluding carboxylic acids is 1. The Morgan fingerprint density at radius 1 is 1.52 bits per heavy atom. The van der Waals surface area contributed by atoms with E-state index in [2.05, 4.69) is 11.6 Å². The van der Waals surface area contributed by atoms with Crippen molar-refractivity contribution >= 4 is 21.6 Å². The van der Waals surface area contributed by atoms with Gasteiger partial charge in [0.15, 0.2) is 0 Å². The van der Waals surface area contributed by atoms with Crippen LogP contribution in [0.3, 0.4) is 0 Å². The number of nitrogens with zero attached hydrogens (tertiary/aromatic N) is 3. The lowest BCUT2D eigenvalue weighted by Crippen LogP contribution is -2.50. The van der Waals surface area contributed by atoms with Gasteiger partial charge in [0.1, 0.15) is 0 Å². The summed E-state index contributed by atoms with van der Waals surface area (Å²) >= 11 is 0. The van der Waals surface area contributed by atoms with Crippen LogP contribution in [0.1, 0.15) is 12.6 Å². The normalized spacial score (nSPS) is 16.5. The maximum atomic E-state index is 11.7. The molecule has 1 aromatic heterocycles. The molecule has 0 N–H and O–H groups in total. The Balaban J connectivity index is 1.99. The first-order valence-corrected chi connectivity index (χ1v) is 8.49. The Morgan fingerprint density at radius 3 is 2.76 bits per heavy atom. The van der Waals surface area contributed by atoms with Crippen LogP contribution in [0.25, 0.3) is 5.57 Å². The molecule has 0 saturated carbocycles. The minimum absolute atomic E-state index is 0.211. The largest absolute Gasteiger partial charge is 0.462 e. The second-order valence-corrected chi connectivity index (χ2v) is 7.06. The van der Waals surface area contributed by atoms with Gasteiger partial charge in [0, 0.05) is 25.6 Å². The highest BCUT2D eigenvalue weighted by atomic mass is 32.2. The molecule has 116 valence electrons. The number of esters is 1. The number of carbonyl (C=O) groups is 1. The van der Waals surface area contributed by atoms with Gasteiger partial charge in [-0.05, 0) is 6.92 Å². The minimum atomic E-state index is -3.11. The monoisotopic (exact) mass is 313 g/mol. The average Bonchev–Trinajstić information content (AvgIpc) is 2.79. The molecule has 0 atom stereocenters. The summed E-state index contributed by atoms with van der Waals surface area (Å²) in [4.78, 5) is 15.7. The first kappa shape index (κ1) is 15.7. The molecule has 1 aliphatic heterocycles. The van der Waals surface area contributed by atoms with E-state index in [1.807, 2.05) is 4.57 Å². The van der Waals surface area contributed by atoms with Crippen LogP contribution in [0.5, 0.6) is 0 Å². The molecule has 1 aromatic rings. The lowest BCUT2D eigenvalue weighted by Gasteiger charge is -2.37. The minimum Gasteiger partial charge on any atom is -0.462 e. The van der Waals surface area contributed by atoms with Crippen molar-refractivity contribution in [2.75, 3.05) is 26.0 Å². The standard InChI is InChI=1S/C13H19N3O4S/c1-4-20-13(17)10(2)12-5-14-9-15(12)6-11-7-16(8-11)21(3,18)19/h5,9,11H,2,4,6-8H2,1,3H3. The van der Waals surface area contributed by atoms with Gasteiger partial charge in [-0.2, -0.15) is 0 Å². The molecule has 0 radical (unpaired) electrons. The lowest BCUT2D eigenvalue weighted by atomic mass is 10.0. The van der Waals surface area contributed by atoms with Crippen LogP contribution >= 0.6 is 0 Å². The van der Waals surface area contributed by atoms with Gasteiger partial charge in [0.05, 0.1) is 36.7 Å². The predicted molar refractivity (Wildman–Crippen MR) is 77.8 cm³/mol. The fourth-order valence-electron chi connectivity index (χ4n) is 2.23. The van der Waals surface area contributed by atoms with Crippen LogP contribution in [0.4, 0.5) is 0 Å². The van der Waals surface area contributed by atoms with Crippen molar-refractivity contribution in [1.29, 1.82) is 0 Å². The fraction of sp³-hybridized carbons (Fsp3) is 0.538. The fourth-order valence-corrected chi connectivity index (χ4v) is 3.19. The molecule has 0 unspecified atom stereocenters. The first-order chi connectivity index (χ1) is 9.82. The topological polar surface area (TPSA) is 81.5 Å². The summed E-state index contributed by atoms with van der Waals surface area (Å²) in [6, 6.07) is 0. The highest BCUT2D eigenvalue weighted by Crippen LogP contribution is 2.22. The molecule has 0 aliphatic carbocycles. The Hall–Kier alpha value is -1.67. The number of hydrogen-bond acceptors (Lipinski definition) is 5. The van der Waals surface area contributed by atoms with E-state index in [1.165, 1.54) is 10.6 Å². The number of hydrogen-bond donors (Lipinski definition) is 0. The third-order valence-electron chi connectivity index (χ3n) is 3.39. The molecular weight excluding hydrogens is 294 g/mol. The van der Waals surface area contributed by atoms with Crippen LogP contribution in [0, 0.1) is 5.92 Å². The van der Waals surface area contributed by atoms with Crippen molar-refractivity contribution in [3.63, 3.8) is 0 Å². The quantitative estimate of drug-likeness (QED) is 0.559. The van der Waals surface area contributed by atoms with Crippen molar-refractivity contribution in [3.8, 4) is 0 Å². The second-order valence-electron chi connectivity index (χ2n) is 5.08. The van der Waals surface area contributed by atoms with E-state index in [0.717, 1.165) is 0 Å². The zero-order valence-corrected chi connectivity index (χ0v) is 13.0. The number of sulfonamides is 1. The summed E-state index contributed by atoms with van der Waals surface area (Å²) in [6.07, 6.45) is 4.38. The molecular formula is C13H19N3O4S. The number of aromatic nitrogens is 2. The SMILES string of the molecule is C=C(C(=O)OCC)c1cncn1CC1CN(S(C)(=O)=O)C1. The summed E-state index contributed by atoms with van der Waals surface area (Å²) in [6.45, 7) is 7.34. The summed E-state index contributed by atoms with van der Waals surface area (Å²) in [5, 5.41) is 0. The Bertz CT molecular complexity index is 644. The van der Waals surface area contributed by atoms with Gasteiger partial charge in [-0.1, -0.05) is 6.58 Å². The van der Waals surface area contributed by atoms with E-state index < -0.39 is 16.0 Å². The maximum Gasteiger partial charge on any atom is 0.339 e. The zero-order chi connectivity index (χ0) is 15.6. The Morgan fingerprint density at radius 2 is 2.19 bits per heavy atom. The lowest BCUT2D eigenvalue weighted by molar-refractivity contribution is -0.136. The van der Waals surface area contributed by atoms with E-state index in [1.54, 1.807) is 19.4 Å². The van der Waals surface area contributed by atoms with Crippen molar-refractivity contribution < 1.29 is 17.9 Å². The van der Waals surface area contributed by atoms with Crippen molar-refractivity contribution in [2.24, 2.45) is 5.92 Å². The van der Waals surface area contributed by atoms with E-state index in [-0.39, 0.29) is 18.1 Å². The van der Waals surface area contributed by atoms with Gasteiger partial charge in [-0.15, -0.1) is 0 Å². The van der Waals surface area contributed by atoms with E-state index >= 15 is 0 Å². The second kappa shape index (κ2) is 5.98. The van der Waals surface area contributed by atoms with Crippen LogP contribution in [0.15, 0.2) is 19.1 Å². The van der Waals surface area contributed by atoms with Crippen LogP contribution in [-0.2, 0) is 26.1 Å². The Labute approximate surface area is 124 Å². The maximum absolute atomic E-state index is 11.7. The number of imidazole rings is 1. The van der Waals surface area contributed by atoms with Gasteiger partial charge < -0.3 is 9.30 Å². The molecule has 1 saturated heterocycles. The van der Waals surface area contributed by atoms with Gasteiger partial charge in [0.25, 0.3) is 0 Å². The Kier molecular flexibility index (Phi) is 4.48. The van der Waals surface area contributed by atoms with Gasteiger partial charge in [0.2, 0.25) is 10.0 Å². The molecule has 1 aliphatic rings. The van der Waals surface area contributed by atoms with Gasteiger partial charge in [-0.25, -0.2) is 22.5 Å². The van der Waals surface area contributed by atoms with Crippen molar-refractivity contribution in [2.45, 2.75) is 13.5 Å². The van der Waals surface area contributed by atoms with Gasteiger partial charge >= 0.3 is 5.97 Å². The molecule has 0 spiro atoms. The van der Waals surface area contributed by atoms with Crippen LogP contribution in [-0.4, -0.2) is 54.2 Å². The van der Waals surface area contributed by atoms with E-state index in [0.29, 0.717) is 25.3 Å². The molecule has 2 heterocycles. The molecule has 7 nitrogen and oxygen atoms in total.